The van der Waals surface area contributed by atoms with Crippen LogP contribution in [0.2, 0.25) is 0 Å². The Balaban J connectivity index is 1.30. The van der Waals surface area contributed by atoms with Crippen LogP contribution in [0.3, 0.4) is 0 Å². The van der Waals surface area contributed by atoms with Crippen molar-refractivity contribution in [1.82, 2.24) is 20.1 Å². The van der Waals surface area contributed by atoms with Gasteiger partial charge in [-0.2, -0.15) is 9.49 Å². The minimum absolute atomic E-state index is 0.0211. The van der Waals surface area contributed by atoms with Crippen molar-refractivity contribution in [2.24, 2.45) is 10.8 Å². The monoisotopic (exact) mass is 394 g/mol. The van der Waals surface area contributed by atoms with Gasteiger partial charge >= 0.3 is 0 Å². The third-order valence-corrected chi connectivity index (χ3v) is 6.41. The molecule has 1 aliphatic heterocycles. The van der Waals surface area contributed by atoms with E-state index < -0.39 is 23.6 Å². The molecule has 9 heteroatoms. The van der Waals surface area contributed by atoms with E-state index in [1.54, 1.807) is 10.7 Å². The maximum absolute atomic E-state index is 14.0. The van der Waals surface area contributed by atoms with Crippen LogP contribution in [0.1, 0.15) is 43.8 Å². The van der Waals surface area contributed by atoms with Gasteiger partial charge in [-0.05, 0) is 37.2 Å². The normalized spacial score (nSPS) is 30.0. The van der Waals surface area contributed by atoms with Gasteiger partial charge in [0.15, 0.2) is 5.82 Å². The second-order valence-corrected chi connectivity index (χ2v) is 8.39. The van der Waals surface area contributed by atoms with Gasteiger partial charge in [0.25, 0.3) is 0 Å². The molecule has 0 radical (unpaired) electrons. The number of hydrogen-bond donors (Lipinski definition) is 1. The molecule has 3 heterocycles. The van der Waals surface area contributed by atoms with Crippen LogP contribution in [0, 0.1) is 22.6 Å². The molecule has 2 aromatic heterocycles. The first-order chi connectivity index (χ1) is 13.3. The number of nitrogens with one attached hydrogen (secondary N) is 1. The van der Waals surface area contributed by atoms with Gasteiger partial charge in [-0.1, -0.05) is 0 Å². The third kappa shape index (κ3) is 2.55. The number of carbonyl (C=O) groups is 1. The van der Waals surface area contributed by atoms with E-state index in [4.69, 9.17) is 0 Å². The number of aryl methyl sites for hydroxylation is 1. The standard InChI is InChI=1S/C19H18F4N4O/c20-11-6-24-16(23)3-10(11)13-4-14-12(1-2-27(14)26-13)25-17(28)19-7-18(8-19,9-19)5-15(21)22/h3-4,6,12,15H,1-2,5,7-9H2,(H,25,28)/t12-,18?,19?/m1/s1. The molecule has 3 saturated carbocycles. The van der Waals surface area contributed by atoms with Crippen molar-refractivity contribution in [3.8, 4) is 11.3 Å². The fourth-order valence-corrected chi connectivity index (χ4v) is 5.27. The van der Waals surface area contributed by atoms with Gasteiger partial charge in [0.05, 0.1) is 29.0 Å². The smallest absolute Gasteiger partial charge is 0.239 e. The summed E-state index contributed by atoms with van der Waals surface area (Å²) in [5.41, 5.74) is 0.181. The van der Waals surface area contributed by atoms with E-state index in [9.17, 15) is 22.4 Å². The molecular formula is C19H18F4N4O. The zero-order valence-corrected chi connectivity index (χ0v) is 14.9. The fraction of sp³-hybridized carbons (Fsp3) is 0.526. The molecule has 1 amide bonds. The molecule has 3 fully saturated rings. The Morgan fingerprint density at radius 1 is 1.29 bits per heavy atom. The van der Waals surface area contributed by atoms with Gasteiger partial charge in [-0.3, -0.25) is 9.48 Å². The molecule has 0 aromatic carbocycles. The molecule has 2 bridgehead atoms. The number of alkyl halides is 2. The Bertz CT molecular complexity index is 953. The highest BCUT2D eigenvalue weighted by atomic mass is 19.3. The first-order valence-corrected chi connectivity index (χ1v) is 9.28. The van der Waals surface area contributed by atoms with Gasteiger partial charge in [0, 0.05) is 24.6 Å². The van der Waals surface area contributed by atoms with Crippen molar-refractivity contribution in [3.05, 3.63) is 35.8 Å². The van der Waals surface area contributed by atoms with Gasteiger partial charge in [0.2, 0.25) is 18.3 Å². The minimum Gasteiger partial charge on any atom is -0.347 e. The van der Waals surface area contributed by atoms with E-state index in [0.717, 1.165) is 18.0 Å². The lowest BCUT2D eigenvalue weighted by atomic mass is 9.34. The highest BCUT2D eigenvalue weighted by Crippen LogP contribution is 2.75. The maximum atomic E-state index is 14.0. The molecule has 2 aromatic rings. The zero-order chi connectivity index (χ0) is 19.7. The van der Waals surface area contributed by atoms with Crippen molar-refractivity contribution in [2.75, 3.05) is 0 Å². The molecule has 148 valence electrons. The van der Waals surface area contributed by atoms with Crippen LogP contribution in [0.4, 0.5) is 17.6 Å². The molecular weight excluding hydrogens is 376 g/mol. The van der Waals surface area contributed by atoms with Crippen molar-refractivity contribution >= 4 is 5.91 Å². The van der Waals surface area contributed by atoms with Gasteiger partial charge in [-0.15, -0.1) is 0 Å². The lowest BCUT2D eigenvalue weighted by molar-refractivity contribution is -0.220. The van der Waals surface area contributed by atoms with Crippen LogP contribution in [0.15, 0.2) is 18.3 Å². The minimum atomic E-state index is -2.33. The number of amides is 1. The number of nitrogens with zero attached hydrogens (tertiary/aromatic N) is 3. The highest BCUT2D eigenvalue weighted by molar-refractivity contribution is 5.86. The van der Waals surface area contributed by atoms with E-state index in [1.807, 2.05) is 0 Å². The Morgan fingerprint density at radius 3 is 2.75 bits per heavy atom. The number of fused-ring (bicyclic) bond motifs is 1. The number of hydrogen-bond acceptors (Lipinski definition) is 3. The van der Waals surface area contributed by atoms with Crippen LogP contribution in [-0.2, 0) is 11.3 Å². The quantitative estimate of drug-likeness (QED) is 0.623. The highest BCUT2D eigenvalue weighted by Gasteiger charge is 2.71. The number of halogens is 4. The molecule has 3 aliphatic carbocycles. The molecule has 1 atom stereocenters. The van der Waals surface area contributed by atoms with Crippen LogP contribution in [0.25, 0.3) is 11.3 Å². The molecule has 0 spiro atoms. The summed E-state index contributed by atoms with van der Waals surface area (Å²) in [5.74, 6) is -1.57. The molecule has 4 aliphatic rings. The summed E-state index contributed by atoms with van der Waals surface area (Å²) < 4.78 is 54.3. The number of carbonyl (C=O) groups excluding carboxylic acids is 1. The van der Waals surface area contributed by atoms with Crippen molar-refractivity contribution < 1.29 is 22.4 Å². The van der Waals surface area contributed by atoms with Crippen molar-refractivity contribution in [3.63, 3.8) is 0 Å². The van der Waals surface area contributed by atoms with Crippen LogP contribution >= 0.6 is 0 Å². The van der Waals surface area contributed by atoms with Gasteiger partial charge < -0.3 is 5.32 Å². The Kier molecular flexibility index (Phi) is 3.64. The summed E-state index contributed by atoms with van der Waals surface area (Å²) in [5, 5.41) is 7.33. The SMILES string of the molecule is O=C(N[C@@H]1CCn2nc(-c3cc(F)ncc3F)cc21)C12CC(CC(F)F)(C1)C2. The summed E-state index contributed by atoms with van der Waals surface area (Å²) in [6, 6.07) is 2.37. The largest absolute Gasteiger partial charge is 0.347 e. The second kappa shape index (κ2) is 5.78. The van der Waals surface area contributed by atoms with E-state index in [-0.39, 0.29) is 35.0 Å². The van der Waals surface area contributed by atoms with Gasteiger partial charge in [0.1, 0.15) is 0 Å². The predicted octanol–water partition coefficient (Wildman–Crippen LogP) is 3.61. The summed E-state index contributed by atoms with van der Waals surface area (Å²) in [4.78, 5) is 16.0. The van der Waals surface area contributed by atoms with Crippen molar-refractivity contribution in [2.45, 2.75) is 51.1 Å². The molecule has 0 saturated heterocycles. The predicted molar refractivity (Wildman–Crippen MR) is 90.2 cm³/mol. The Labute approximate surface area is 158 Å². The van der Waals surface area contributed by atoms with Crippen LogP contribution in [0.5, 0.6) is 0 Å². The first-order valence-electron chi connectivity index (χ1n) is 9.28. The lowest BCUT2D eigenvalue weighted by Gasteiger charge is -2.69. The number of rotatable bonds is 5. The number of aromatic nitrogens is 3. The fourth-order valence-electron chi connectivity index (χ4n) is 5.27. The van der Waals surface area contributed by atoms with Crippen molar-refractivity contribution in [1.29, 1.82) is 0 Å². The average molecular weight is 394 g/mol. The molecule has 28 heavy (non-hydrogen) atoms. The van der Waals surface area contributed by atoms with E-state index >= 15 is 0 Å². The van der Waals surface area contributed by atoms with E-state index in [0.29, 0.717) is 32.2 Å². The Morgan fingerprint density at radius 2 is 2.04 bits per heavy atom. The zero-order valence-electron chi connectivity index (χ0n) is 14.9. The maximum Gasteiger partial charge on any atom is 0.239 e. The van der Waals surface area contributed by atoms with E-state index in [1.165, 1.54) is 0 Å². The topological polar surface area (TPSA) is 59.8 Å². The summed E-state index contributed by atoms with van der Waals surface area (Å²) in [6.45, 7) is 0.553. The molecule has 6 rings (SSSR count). The van der Waals surface area contributed by atoms with Crippen LogP contribution in [-0.4, -0.2) is 27.1 Å². The molecule has 1 N–H and O–H groups in total. The van der Waals surface area contributed by atoms with Gasteiger partial charge in [-0.25, -0.2) is 18.2 Å². The lowest BCUT2D eigenvalue weighted by Crippen LogP contribution is -2.68. The third-order valence-electron chi connectivity index (χ3n) is 6.41. The average Bonchev–Trinajstić information content (AvgIpc) is 3.13. The van der Waals surface area contributed by atoms with E-state index in [2.05, 4.69) is 15.4 Å². The first kappa shape index (κ1) is 17.6. The Hall–Kier alpha value is -2.45. The summed E-state index contributed by atoms with van der Waals surface area (Å²) in [6.07, 6.45) is 0.572. The second-order valence-electron chi connectivity index (χ2n) is 8.39. The summed E-state index contributed by atoms with van der Waals surface area (Å²) >= 11 is 0. The summed E-state index contributed by atoms with van der Waals surface area (Å²) in [7, 11) is 0. The molecule has 5 nitrogen and oxygen atoms in total. The molecule has 0 unspecified atom stereocenters. The number of pyridine rings is 1. The van der Waals surface area contributed by atoms with Crippen LogP contribution < -0.4 is 5.32 Å².